The first-order valence-corrected chi connectivity index (χ1v) is 14.4. The molecule has 2 spiro atoms. The minimum Gasteiger partial charge on any atom is -0.323 e. The van der Waals surface area contributed by atoms with Crippen molar-refractivity contribution in [1.29, 1.82) is 0 Å². The smallest absolute Gasteiger partial charge is 0.323 e. The van der Waals surface area contributed by atoms with Crippen LogP contribution in [-0.2, 0) is 9.59 Å². The van der Waals surface area contributed by atoms with Crippen LogP contribution in [0.5, 0.6) is 0 Å². The molecule has 2 saturated heterocycles. The number of hydrogen-bond donors (Lipinski definition) is 2. The van der Waals surface area contributed by atoms with Gasteiger partial charge in [-0.05, 0) is 88.2 Å². The lowest BCUT2D eigenvalue weighted by molar-refractivity contribution is -0.133. The van der Waals surface area contributed by atoms with E-state index in [1.165, 1.54) is 27.2 Å². The summed E-state index contributed by atoms with van der Waals surface area (Å²) < 4.78 is 0. The largest absolute Gasteiger partial charge is 0.327 e. The number of carbonyl (C=O) groups is 4. The van der Waals surface area contributed by atoms with Crippen molar-refractivity contribution >= 4 is 23.9 Å². The van der Waals surface area contributed by atoms with E-state index in [2.05, 4.69) is 73.0 Å². The molecule has 2 aliphatic heterocycles. The molecular weight excluding hydrogens is 504 g/mol. The first-order chi connectivity index (χ1) is 19.0. The molecule has 4 fully saturated rings. The molecule has 0 aromatic heterocycles. The molecule has 2 aromatic carbocycles. The summed E-state index contributed by atoms with van der Waals surface area (Å²) in [4.78, 5) is 50.5. The van der Waals surface area contributed by atoms with Gasteiger partial charge < -0.3 is 10.2 Å². The van der Waals surface area contributed by atoms with Crippen molar-refractivity contribution in [2.75, 3.05) is 14.1 Å². The van der Waals surface area contributed by atoms with Crippen LogP contribution in [-0.4, -0.2) is 58.8 Å². The molecule has 2 N–H and O–H groups in total. The Morgan fingerprint density at radius 3 is 1.65 bits per heavy atom. The maximum absolute atomic E-state index is 12.5. The van der Waals surface area contributed by atoms with Crippen molar-refractivity contribution in [2.45, 2.75) is 88.1 Å². The summed E-state index contributed by atoms with van der Waals surface area (Å²) in [6, 6.07) is 16.6. The number of rotatable bonds is 2. The number of imide groups is 2. The van der Waals surface area contributed by atoms with Crippen LogP contribution < -0.4 is 10.6 Å². The van der Waals surface area contributed by atoms with E-state index in [0.717, 1.165) is 51.4 Å². The number of nitrogens with one attached hydrogen (secondary N) is 2. The van der Waals surface area contributed by atoms with Crippen molar-refractivity contribution in [3.8, 4) is 0 Å². The zero-order valence-corrected chi connectivity index (χ0v) is 24.0. The molecule has 2 heterocycles. The quantitative estimate of drug-likeness (QED) is 0.511. The molecule has 4 aliphatic rings. The Balaban J connectivity index is 0.000000162. The van der Waals surface area contributed by atoms with Gasteiger partial charge in [0.2, 0.25) is 0 Å². The van der Waals surface area contributed by atoms with E-state index in [1.54, 1.807) is 19.0 Å². The molecule has 0 radical (unpaired) electrons. The average molecular weight is 545 g/mol. The van der Waals surface area contributed by atoms with Gasteiger partial charge in [-0.2, -0.15) is 0 Å². The third-order valence-electron chi connectivity index (χ3n) is 9.61. The number of benzene rings is 2. The van der Waals surface area contributed by atoms with Crippen LogP contribution in [0, 0.1) is 13.8 Å². The van der Waals surface area contributed by atoms with Gasteiger partial charge >= 0.3 is 12.1 Å². The Labute approximate surface area is 236 Å². The fourth-order valence-corrected chi connectivity index (χ4v) is 7.10. The molecule has 2 aliphatic carbocycles. The zero-order valence-electron chi connectivity index (χ0n) is 24.0. The summed E-state index contributed by atoms with van der Waals surface area (Å²) >= 11 is 0. The number of likely N-dealkylation sites (N-methyl/N-ethyl adjacent to an activating group) is 2. The molecule has 2 aromatic rings. The van der Waals surface area contributed by atoms with E-state index in [9.17, 15) is 19.2 Å². The van der Waals surface area contributed by atoms with Gasteiger partial charge in [-0.25, -0.2) is 9.59 Å². The zero-order chi connectivity index (χ0) is 28.7. The fraction of sp³-hybridized carbons (Fsp3) is 0.500. The van der Waals surface area contributed by atoms with Crippen molar-refractivity contribution in [2.24, 2.45) is 0 Å². The predicted molar refractivity (Wildman–Crippen MR) is 153 cm³/mol. The molecule has 0 atom stereocenters. The summed E-state index contributed by atoms with van der Waals surface area (Å²) in [5.41, 5.74) is 4.02. The van der Waals surface area contributed by atoms with Gasteiger partial charge in [-0.3, -0.25) is 19.8 Å². The molecule has 2 saturated carbocycles. The molecule has 0 bridgehead atoms. The Morgan fingerprint density at radius 2 is 1.25 bits per heavy atom. The number of hydrogen-bond acceptors (Lipinski definition) is 4. The van der Waals surface area contributed by atoms with E-state index >= 15 is 0 Å². The third kappa shape index (κ3) is 5.00. The van der Waals surface area contributed by atoms with Crippen molar-refractivity contribution < 1.29 is 19.2 Å². The van der Waals surface area contributed by atoms with E-state index in [1.807, 2.05) is 0 Å². The third-order valence-corrected chi connectivity index (χ3v) is 9.61. The highest BCUT2D eigenvalue weighted by Gasteiger charge is 2.55. The lowest BCUT2D eigenvalue weighted by Crippen LogP contribution is -2.50. The van der Waals surface area contributed by atoms with Crippen molar-refractivity contribution in [1.82, 2.24) is 20.4 Å². The van der Waals surface area contributed by atoms with Gasteiger partial charge in [0.15, 0.2) is 0 Å². The maximum Gasteiger partial charge on any atom is 0.327 e. The Morgan fingerprint density at radius 1 is 0.750 bits per heavy atom. The summed E-state index contributed by atoms with van der Waals surface area (Å²) in [5, 5.41) is 5.15. The van der Waals surface area contributed by atoms with Gasteiger partial charge in [0.25, 0.3) is 11.8 Å². The van der Waals surface area contributed by atoms with Crippen LogP contribution in [0.25, 0.3) is 0 Å². The van der Waals surface area contributed by atoms with Crippen LogP contribution in [0.15, 0.2) is 48.5 Å². The van der Waals surface area contributed by atoms with Crippen LogP contribution >= 0.6 is 0 Å². The normalized spacial score (nSPS) is 29.9. The van der Waals surface area contributed by atoms with Gasteiger partial charge in [-0.1, -0.05) is 59.7 Å². The summed E-state index contributed by atoms with van der Waals surface area (Å²) in [6.07, 6.45) is 6.77. The second-order valence-electron chi connectivity index (χ2n) is 12.1. The van der Waals surface area contributed by atoms with E-state index in [-0.39, 0.29) is 23.9 Å². The first-order valence-electron chi connectivity index (χ1n) is 14.4. The van der Waals surface area contributed by atoms with Crippen LogP contribution in [0.4, 0.5) is 9.59 Å². The number of aryl methyl sites for hydroxylation is 2. The van der Waals surface area contributed by atoms with Crippen LogP contribution in [0.3, 0.4) is 0 Å². The molecule has 0 unspecified atom stereocenters. The minimum atomic E-state index is -0.641. The average Bonchev–Trinajstić information content (AvgIpc) is 3.30. The van der Waals surface area contributed by atoms with Crippen LogP contribution in [0.1, 0.15) is 85.5 Å². The number of nitrogens with zero attached hydrogens (tertiary/aromatic N) is 2. The number of urea groups is 2. The molecule has 212 valence electrons. The lowest BCUT2D eigenvalue weighted by Gasteiger charge is -2.39. The highest BCUT2D eigenvalue weighted by molar-refractivity contribution is 6.07. The van der Waals surface area contributed by atoms with Gasteiger partial charge in [-0.15, -0.1) is 0 Å². The second-order valence-corrected chi connectivity index (χ2v) is 12.1. The van der Waals surface area contributed by atoms with E-state index in [4.69, 9.17) is 0 Å². The van der Waals surface area contributed by atoms with Crippen LogP contribution in [0.2, 0.25) is 0 Å². The van der Waals surface area contributed by atoms with E-state index < -0.39 is 11.1 Å². The highest BCUT2D eigenvalue weighted by atomic mass is 16.2. The Bertz CT molecular complexity index is 1320. The summed E-state index contributed by atoms with van der Waals surface area (Å²) in [6.45, 7) is 4.20. The molecule has 8 heteroatoms. The molecule has 6 rings (SSSR count). The standard InChI is InChI=1S/C17H22N2O2.C15H18N2O2/c1-12-5-4-6-14(11-12)13-7-9-17(10-8-13)15(20)18(2)16(21)19(17)3;1-10-3-2-4-12(9-10)11-5-7-15(8-6-11)13(18)16-14(19)17-15/h4-6,11,13H,7-10H2,1-3H3;2-4,9,11H,5-8H2,1H3,(H2,16,17,18,19). The van der Waals surface area contributed by atoms with Gasteiger partial charge in [0, 0.05) is 14.1 Å². The molecular formula is C32H40N4O4. The molecule has 8 nitrogen and oxygen atoms in total. The monoisotopic (exact) mass is 544 g/mol. The lowest BCUT2D eigenvalue weighted by atomic mass is 9.73. The second kappa shape index (κ2) is 10.7. The Hall–Kier alpha value is -3.68. The highest BCUT2D eigenvalue weighted by Crippen LogP contribution is 2.44. The SMILES string of the molecule is Cc1cccc(C2CCC3(CC2)C(=O)N(C)C(=O)N3C)c1.Cc1cccc(C2CCC3(CC2)NC(=O)NC3=O)c1. The number of carbonyl (C=O) groups excluding carboxylic acids is 4. The summed E-state index contributed by atoms with van der Waals surface area (Å²) in [5.74, 6) is 0.812. The van der Waals surface area contributed by atoms with E-state index in [0.29, 0.717) is 11.8 Å². The van der Waals surface area contributed by atoms with Crippen molar-refractivity contribution in [3.63, 3.8) is 0 Å². The summed E-state index contributed by atoms with van der Waals surface area (Å²) in [7, 11) is 3.35. The van der Waals surface area contributed by atoms with Gasteiger partial charge in [0.1, 0.15) is 11.1 Å². The molecule has 6 amide bonds. The van der Waals surface area contributed by atoms with Gasteiger partial charge in [0.05, 0.1) is 0 Å². The number of amides is 6. The molecule has 40 heavy (non-hydrogen) atoms. The fourth-order valence-electron chi connectivity index (χ4n) is 7.10. The minimum absolute atomic E-state index is 0.0299. The first kappa shape index (κ1) is 27.9. The van der Waals surface area contributed by atoms with Crippen molar-refractivity contribution in [3.05, 3.63) is 70.8 Å². The Kier molecular flexibility index (Phi) is 7.46. The topological polar surface area (TPSA) is 98.8 Å². The predicted octanol–water partition coefficient (Wildman–Crippen LogP) is 5.15. The maximum atomic E-state index is 12.5.